The van der Waals surface area contributed by atoms with Crippen molar-refractivity contribution in [2.45, 2.75) is 12.5 Å². The maximum absolute atomic E-state index is 9.91. The van der Waals surface area contributed by atoms with E-state index in [9.17, 15) is 5.11 Å². The van der Waals surface area contributed by atoms with Crippen molar-refractivity contribution in [1.29, 1.82) is 0 Å². The predicted octanol–water partition coefficient (Wildman–Crippen LogP) is 3.31. The van der Waals surface area contributed by atoms with Crippen LogP contribution in [0.25, 0.3) is 10.8 Å². The van der Waals surface area contributed by atoms with Gasteiger partial charge in [0.25, 0.3) is 0 Å². The van der Waals surface area contributed by atoms with E-state index in [2.05, 4.69) is 0 Å². The minimum absolute atomic E-state index is 0.467. The third kappa shape index (κ3) is 1.38. The van der Waals surface area contributed by atoms with Crippen LogP contribution >= 0.6 is 11.6 Å². The second kappa shape index (κ2) is 3.65. The number of fused-ring (bicyclic) bond motifs is 3. The summed E-state index contributed by atoms with van der Waals surface area (Å²) in [7, 11) is 0. The minimum atomic E-state index is -0.467. The lowest BCUT2D eigenvalue weighted by Gasteiger charge is -2.24. The molecular formula is C13H11ClO2. The zero-order chi connectivity index (χ0) is 11.1. The Bertz CT molecular complexity index is 551. The van der Waals surface area contributed by atoms with E-state index in [1.165, 1.54) is 0 Å². The van der Waals surface area contributed by atoms with E-state index in [1.54, 1.807) is 0 Å². The second-order valence-corrected chi connectivity index (χ2v) is 4.38. The number of aliphatic hydroxyl groups is 1. The van der Waals surface area contributed by atoms with Gasteiger partial charge in [0.1, 0.15) is 5.75 Å². The Kier molecular flexibility index (Phi) is 2.27. The zero-order valence-corrected chi connectivity index (χ0v) is 9.37. The van der Waals surface area contributed by atoms with Crippen LogP contribution < -0.4 is 4.74 Å². The number of rotatable bonds is 0. The molecule has 1 atom stereocenters. The normalized spacial score (nSPS) is 19.2. The molecule has 0 aliphatic carbocycles. The lowest BCUT2D eigenvalue weighted by molar-refractivity contribution is 0.116. The summed E-state index contributed by atoms with van der Waals surface area (Å²) >= 11 is 6.19. The topological polar surface area (TPSA) is 29.5 Å². The van der Waals surface area contributed by atoms with Crippen LogP contribution in [0, 0.1) is 0 Å². The van der Waals surface area contributed by atoms with Gasteiger partial charge in [-0.1, -0.05) is 35.9 Å². The minimum Gasteiger partial charge on any atom is -0.492 e. The van der Waals surface area contributed by atoms with Crippen molar-refractivity contribution in [3.8, 4) is 5.75 Å². The maximum Gasteiger partial charge on any atom is 0.133 e. The Balaban J connectivity index is 2.38. The number of hydrogen-bond donors (Lipinski definition) is 1. The van der Waals surface area contributed by atoms with Gasteiger partial charge >= 0.3 is 0 Å². The van der Waals surface area contributed by atoms with E-state index in [0.717, 1.165) is 22.1 Å². The monoisotopic (exact) mass is 234 g/mol. The Morgan fingerprint density at radius 2 is 2.00 bits per heavy atom. The first-order chi connectivity index (χ1) is 7.77. The number of hydrogen-bond acceptors (Lipinski definition) is 2. The largest absolute Gasteiger partial charge is 0.492 e. The summed E-state index contributed by atoms with van der Waals surface area (Å²) < 4.78 is 5.64. The van der Waals surface area contributed by atoms with E-state index >= 15 is 0 Å². The molecule has 1 heterocycles. The number of halogens is 1. The van der Waals surface area contributed by atoms with E-state index in [-0.39, 0.29) is 0 Å². The van der Waals surface area contributed by atoms with Crippen molar-refractivity contribution in [3.63, 3.8) is 0 Å². The number of benzene rings is 2. The summed E-state index contributed by atoms with van der Waals surface area (Å²) in [6.45, 7) is 0.555. The highest BCUT2D eigenvalue weighted by Crippen LogP contribution is 2.41. The van der Waals surface area contributed by atoms with Gasteiger partial charge in [-0.2, -0.15) is 0 Å². The van der Waals surface area contributed by atoms with Crippen molar-refractivity contribution in [3.05, 3.63) is 40.9 Å². The molecular weight excluding hydrogens is 224 g/mol. The van der Waals surface area contributed by atoms with E-state index in [0.29, 0.717) is 18.1 Å². The molecule has 0 saturated carbocycles. The smallest absolute Gasteiger partial charge is 0.133 e. The van der Waals surface area contributed by atoms with Crippen LogP contribution in [-0.4, -0.2) is 11.7 Å². The molecule has 0 spiro atoms. The summed E-state index contributed by atoms with van der Waals surface area (Å²) in [5, 5.41) is 12.5. The quantitative estimate of drug-likeness (QED) is 0.758. The summed E-state index contributed by atoms with van der Waals surface area (Å²) in [5.41, 5.74) is 0.801. The lowest BCUT2D eigenvalue weighted by Crippen LogP contribution is -2.14. The number of ether oxygens (including phenoxy) is 1. The summed E-state index contributed by atoms with van der Waals surface area (Å²) in [6, 6.07) is 9.63. The molecule has 0 aromatic heterocycles. The van der Waals surface area contributed by atoms with Gasteiger partial charge in [0.05, 0.1) is 12.7 Å². The molecule has 0 radical (unpaired) electrons. The second-order valence-electron chi connectivity index (χ2n) is 3.98. The highest BCUT2D eigenvalue weighted by atomic mass is 35.5. The van der Waals surface area contributed by atoms with Crippen LogP contribution in [0.15, 0.2) is 30.3 Å². The molecule has 1 aliphatic rings. The lowest BCUT2D eigenvalue weighted by atomic mass is 9.98. The molecule has 2 aromatic rings. The highest BCUT2D eigenvalue weighted by Gasteiger charge is 2.22. The van der Waals surface area contributed by atoms with Gasteiger partial charge in [-0.05, 0) is 6.07 Å². The van der Waals surface area contributed by atoms with E-state index < -0.39 is 6.10 Å². The fraction of sp³-hybridized carbons (Fsp3) is 0.231. The van der Waals surface area contributed by atoms with Crippen molar-refractivity contribution in [2.24, 2.45) is 0 Å². The zero-order valence-electron chi connectivity index (χ0n) is 8.61. The predicted molar refractivity (Wildman–Crippen MR) is 64.0 cm³/mol. The summed E-state index contributed by atoms with van der Waals surface area (Å²) in [5.74, 6) is 0.777. The molecule has 16 heavy (non-hydrogen) atoms. The van der Waals surface area contributed by atoms with Crippen LogP contribution in [0.4, 0.5) is 0 Å². The molecule has 1 N–H and O–H groups in total. The molecule has 0 unspecified atom stereocenters. The van der Waals surface area contributed by atoms with E-state index in [4.69, 9.17) is 16.3 Å². The molecule has 3 rings (SSSR count). The van der Waals surface area contributed by atoms with E-state index in [1.807, 2.05) is 30.3 Å². The first-order valence-corrected chi connectivity index (χ1v) is 5.67. The third-order valence-corrected chi connectivity index (χ3v) is 3.28. The Hall–Kier alpha value is -1.25. The molecule has 2 nitrogen and oxygen atoms in total. The molecule has 0 fully saturated rings. The van der Waals surface area contributed by atoms with Crippen LogP contribution in [-0.2, 0) is 0 Å². The first kappa shape index (κ1) is 9.94. The Morgan fingerprint density at radius 3 is 2.81 bits per heavy atom. The van der Waals surface area contributed by atoms with Gasteiger partial charge < -0.3 is 9.84 Å². The van der Waals surface area contributed by atoms with Gasteiger partial charge in [-0.25, -0.2) is 0 Å². The van der Waals surface area contributed by atoms with Gasteiger partial charge in [-0.3, -0.25) is 0 Å². The molecule has 0 saturated heterocycles. The molecule has 82 valence electrons. The fourth-order valence-corrected chi connectivity index (χ4v) is 2.44. The van der Waals surface area contributed by atoms with Crippen LogP contribution in [0.1, 0.15) is 18.1 Å². The average Bonchev–Trinajstić information content (AvgIpc) is 2.31. The van der Waals surface area contributed by atoms with Crippen molar-refractivity contribution < 1.29 is 9.84 Å². The molecule has 0 amide bonds. The maximum atomic E-state index is 9.91. The van der Waals surface area contributed by atoms with Gasteiger partial charge in [0.2, 0.25) is 0 Å². The molecule has 0 bridgehead atoms. The third-order valence-electron chi connectivity index (χ3n) is 2.97. The molecule has 3 heteroatoms. The Labute approximate surface area is 98.4 Å². The Morgan fingerprint density at radius 1 is 1.25 bits per heavy atom. The molecule has 2 aromatic carbocycles. The van der Waals surface area contributed by atoms with Crippen molar-refractivity contribution in [2.75, 3.05) is 6.61 Å². The van der Waals surface area contributed by atoms with Crippen LogP contribution in [0.5, 0.6) is 5.75 Å². The van der Waals surface area contributed by atoms with Gasteiger partial charge in [0, 0.05) is 27.8 Å². The SMILES string of the molecule is O[C@H]1CCOc2c1cc(Cl)c1ccccc21. The molecule has 1 aliphatic heterocycles. The summed E-state index contributed by atoms with van der Waals surface area (Å²) in [6.07, 6.45) is 0.160. The van der Waals surface area contributed by atoms with Gasteiger partial charge in [-0.15, -0.1) is 0 Å². The highest BCUT2D eigenvalue weighted by molar-refractivity contribution is 6.36. The number of aliphatic hydroxyl groups excluding tert-OH is 1. The van der Waals surface area contributed by atoms with Crippen molar-refractivity contribution >= 4 is 22.4 Å². The first-order valence-electron chi connectivity index (χ1n) is 5.29. The summed E-state index contributed by atoms with van der Waals surface area (Å²) in [4.78, 5) is 0. The van der Waals surface area contributed by atoms with Crippen molar-refractivity contribution in [1.82, 2.24) is 0 Å². The van der Waals surface area contributed by atoms with Crippen LogP contribution in [0.2, 0.25) is 5.02 Å². The fourth-order valence-electron chi connectivity index (χ4n) is 2.16. The van der Waals surface area contributed by atoms with Gasteiger partial charge in [0.15, 0.2) is 0 Å². The average molecular weight is 235 g/mol. The van der Waals surface area contributed by atoms with Crippen LogP contribution in [0.3, 0.4) is 0 Å². The standard InChI is InChI=1S/C13H11ClO2/c14-11-7-10-12(15)5-6-16-13(10)9-4-2-1-3-8(9)11/h1-4,7,12,15H,5-6H2/t12-/m0/s1.